The van der Waals surface area contributed by atoms with Crippen molar-refractivity contribution in [2.24, 2.45) is 17.7 Å². The third-order valence-electron chi connectivity index (χ3n) is 3.50. The highest BCUT2D eigenvalue weighted by atomic mass is 32.2. The van der Waals surface area contributed by atoms with Crippen LogP contribution in [0.3, 0.4) is 0 Å². The van der Waals surface area contributed by atoms with Crippen molar-refractivity contribution in [2.45, 2.75) is 18.2 Å². The van der Waals surface area contributed by atoms with Gasteiger partial charge >= 0.3 is 0 Å². The van der Waals surface area contributed by atoms with Gasteiger partial charge in [0.05, 0.1) is 5.69 Å². The van der Waals surface area contributed by atoms with Gasteiger partial charge in [0.25, 0.3) is 0 Å². The molecule has 0 amide bonds. The third kappa shape index (κ3) is 2.50. The van der Waals surface area contributed by atoms with E-state index in [4.69, 9.17) is 5.84 Å². The van der Waals surface area contributed by atoms with Crippen molar-refractivity contribution in [2.75, 3.05) is 19.0 Å². The molecule has 1 saturated carbocycles. The van der Waals surface area contributed by atoms with Gasteiger partial charge in [-0.15, -0.1) is 0 Å². The average molecular weight is 269 g/mol. The number of hydrazine groups is 1. The smallest absolute Gasteiger partial charge is 0.244 e. The van der Waals surface area contributed by atoms with Crippen LogP contribution in [0.5, 0.6) is 0 Å². The summed E-state index contributed by atoms with van der Waals surface area (Å²) in [7, 11) is -1.85. The maximum atomic E-state index is 12.4. The third-order valence-corrected chi connectivity index (χ3v) is 5.38. The van der Waals surface area contributed by atoms with Crippen molar-refractivity contribution in [3.63, 3.8) is 0 Å². The Labute approximate surface area is 108 Å². The number of nitrogens with zero attached hydrogens (tertiary/aromatic N) is 1. The first kappa shape index (κ1) is 13.3. The van der Waals surface area contributed by atoms with E-state index in [2.05, 4.69) is 12.3 Å². The fourth-order valence-corrected chi connectivity index (χ4v) is 3.44. The molecule has 1 fully saturated rings. The first-order chi connectivity index (χ1) is 8.46. The Hall–Kier alpha value is -1.11. The summed E-state index contributed by atoms with van der Waals surface area (Å²) in [6.07, 6.45) is 1.11. The van der Waals surface area contributed by atoms with Gasteiger partial charge in [0.1, 0.15) is 4.90 Å². The van der Waals surface area contributed by atoms with Gasteiger partial charge in [-0.05, 0) is 30.4 Å². The number of nitrogens with one attached hydrogen (secondary N) is 1. The van der Waals surface area contributed by atoms with Crippen LogP contribution in [0, 0.1) is 11.8 Å². The van der Waals surface area contributed by atoms with Gasteiger partial charge in [-0.3, -0.25) is 5.84 Å². The van der Waals surface area contributed by atoms with Crippen LogP contribution in [0.15, 0.2) is 29.2 Å². The van der Waals surface area contributed by atoms with Crippen molar-refractivity contribution in [1.82, 2.24) is 4.31 Å². The zero-order valence-corrected chi connectivity index (χ0v) is 11.4. The molecule has 2 unspecified atom stereocenters. The highest BCUT2D eigenvalue weighted by Gasteiger charge is 2.36. The van der Waals surface area contributed by atoms with Gasteiger partial charge in [-0.2, -0.15) is 0 Å². The molecule has 100 valence electrons. The Kier molecular flexibility index (Phi) is 3.61. The van der Waals surface area contributed by atoms with E-state index in [0.717, 1.165) is 6.42 Å². The molecule has 18 heavy (non-hydrogen) atoms. The van der Waals surface area contributed by atoms with E-state index in [-0.39, 0.29) is 4.90 Å². The van der Waals surface area contributed by atoms with E-state index >= 15 is 0 Å². The lowest BCUT2D eigenvalue weighted by molar-refractivity contribution is 0.445. The Bertz CT molecular complexity index is 530. The predicted molar refractivity (Wildman–Crippen MR) is 71.3 cm³/mol. The van der Waals surface area contributed by atoms with E-state index in [1.807, 2.05) is 0 Å². The van der Waals surface area contributed by atoms with Crippen molar-refractivity contribution >= 4 is 15.7 Å². The van der Waals surface area contributed by atoms with Crippen molar-refractivity contribution in [3.05, 3.63) is 24.3 Å². The van der Waals surface area contributed by atoms with Crippen molar-refractivity contribution < 1.29 is 8.42 Å². The zero-order valence-electron chi connectivity index (χ0n) is 10.6. The SMILES string of the molecule is CC1CC1CN(C)S(=O)(=O)c1ccccc1NN. The maximum Gasteiger partial charge on any atom is 0.244 e. The average Bonchev–Trinajstić information content (AvgIpc) is 3.04. The van der Waals surface area contributed by atoms with Crippen LogP contribution in [0.2, 0.25) is 0 Å². The molecule has 0 aliphatic heterocycles. The summed E-state index contributed by atoms with van der Waals surface area (Å²) >= 11 is 0. The Morgan fingerprint density at radius 1 is 1.44 bits per heavy atom. The summed E-state index contributed by atoms with van der Waals surface area (Å²) in [6, 6.07) is 6.66. The summed E-state index contributed by atoms with van der Waals surface area (Å²) in [4.78, 5) is 0.225. The summed E-state index contributed by atoms with van der Waals surface area (Å²) < 4.78 is 26.2. The van der Waals surface area contributed by atoms with E-state index in [9.17, 15) is 8.42 Å². The molecule has 1 aromatic rings. The van der Waals surface area contributed by atoms with Crippen LogP contribution in [0.4, 0.5) is 5.69 Å². The summed E-state index contributed by atoms with van der Waals surface area (Å²) in [6.45, 7) is 2.71. The molecule has 0 saturated heterocycles. The molecule has 0 aromatic heterocycles. The van der Waals surface area contributed by atoms with Crippen LogP contribution in [-0.2, 0) is 10.0 Å². The van der Waals surface area contributed by atoms with Gasteiger partial charge in [-0.1, -0.05) is 19.1 Å². The topological polar surface area (TPSA) is 75.4 Å². The van der Waals surface area contributed by atoms with E-state index in [0.29, 0.717) is 24.1 Å². The molecule has 1 aliphatic rings. The lowest BCUT2D eigenvalue weighted by atomic mass is 10.3. The van der Waals surface area contributed by atoms with Crippen LogP contribution < -0.4 is 11.3 Å². The largest absolute Gasteiger partial charge is 0.323 e. The lowest BCUT2D eigenvalue weighted by Crippen LogP contribution is -2.30. The van der Waals surface area contributed by atoms with E-state index < -0.39 is 10.0 Å². The number of sulfonamides is 1. The zero-order chi connectivity index (χ0) is 13.3. The summed E-state index contributed by atoms with van der Waals surface area (Å²) in [5.41, 5.74) is 2.85. The summed E-state index contributed by atoms with van der Waals surface area (Å²) in [5, 5.41) is 0. The predicted octanol–water partition coefficient (Wildman–Crippen LogP) is 1.25. The number of benzene rings is 1. The van der Waals surface area contributed by atoms with Crippen LogP contribution in [0.25, 0.3) is 0 Å². The van der Waals surface area contributed by atoms with Gasteiger partial charge in [0.2, 0.25) is 10.0 Å². The quantitative estimate of drug-likeness (QED) is 0.623. The molecule has 3 N–H and O–H groups in total. The number of para-hydroxylation sites is 1. The number of hydrogen-bond donors (Lipinski definition) is 2. The molecule has 0 bridgehead atoms. The van der Waals surface area contributed by atoms with Crippen molar-refractivity contribution in [1.29, 1.82) is 0 Å². The minimum Gasteiger partial charge on any atom is -0.323 e. The standard InChI is InChI=1S/C12H19N3O2S/c1-9-7-10(9)8-15(2)18(16,17)12-6-4-3-5-11(12)14-13/h3-6,9-10,14H,7-8,13H2,1-2H3. The minimum atomic E-state index is -3.47. The second-order valence-electron chi connectivity index (χ2n) is 4.90. The van der Waals surface area contributed by atoms with Gasteiger partial charge in [0, 0.05) is 13.6 Å². The van der Waals surface area contributed by atoms with E-state index in [1.54, 1.807) is 31.3 Å². The maximum absolute atomic E-state index is 12.4. The number of nitrogen functional groups attached to an aromatic ring is 1. The minimum absolute atomic E-state index is 0.225. The first-order valence-electron chi connectivity index (χ1n) is 5.98. The van der Waals surface area contributed by atoms with Gasteiger partial charge in [-0.25, -0.2) is 12.7 Å². The second kappa shape index (κ2) is 4.87. The molecule has 0 radical (unpaired) electrons. The molecule has 0 heterocycles. The normalized spacial score (nSPS) is 23.1. The molecule has 1 aromatic carbocycles. The Morgan fingerprint density at radius 2 is 2.06 bits per heavy atom. The monoisotopic (exact) mass is 269 g/mol. The molecule has 1 aliphatic carbocycles. The number of nitrogens with two attached hydrogens (primary N) is 1. The fraction of sp³-hybridized carbons (Fsp3) is 0.500. The Balaban J connectivity index is 2.24. The molecule has 6 heteroatoms. The molecule has 5 nitrogen and oxygen atoms in total. The molecular weight excluding hydrogens is 250 g/mol. The van der Waals surface area contributed by atoms with Crippen LogP contribution in [0.1, 0.15) is 13.3 Å². The Morgan fingerprint density at radius 3 is 2.61 bits per heavy atom. The lowest BCUT2D eigenvalue weighted by Gasteiger charge is -2.19. The number of rotatable bonds is 5. The number of hydrogen-bond acceptors (Lipinski definition) is 4. The fourth-order valence-electron chi connectivity index (χ4n) is 2.06. The molecular formula is C12H19N3O2S. The highest BCUT2D eigenvalue weighted by Crippen LogP contribution is 2.39. The van der Waals surface area contributed by atoms with Crippen molar-refractivity contribution in [3.8, 4) is 0 Å². The molecule has 2 rings (SSSR count). The van der Waals surface area contributed by atoms with Gasteiger partial charge in [0.15, 0.2) is 0 Å². The van der Waals surface area contributed by atoms with Gasteiger partial charge < -0.3 is 5.43 Å². The molecule has 0 spiro atoms. The second-order valence-corrected chi connectivity index (χ2v) is 6.91. The first-order valence-corrected chi connectivity index (χ1v) is 7.42. The molecule has 2 atom stereocenters. The van der Waals surface area contributed by atoms with Crippen LogP contribution >= 0.6 is 0 Å². The summed E-state index contributed by atoms with van der Waals surface area (Å²) in [5.74, 6) is 6.47. The highest BCUT2D eigenvalue weighted by molar-refractivity contribution is 7.89. The van der Waals surface area contributed by atoms with E-state index in [1.165, 1.54) is 4.31 Å². The van der Waals surface area contributed by atoms with Crippen LogP contribution in [-0.4, -0.2) is 26.3 Å². The number of anilines is 1.